The Balaban J connectivity index is 2.07. The number of hydrogen-bond acceptors (Lipinski definition) is 3. The van der Waals surface area contributed by atoms with Crippen LogP contribution in [-0.2, 0) is 11.3 Å². The number of ether oxygens (including phenoxy) is 2. The Kier molecular flexibility index (Phi) is 4.58. The second kappa shape index (κ2) is 6.38. The fourth-order valence-corrected chi connectivity index (χ4v) is 2.08. The maximum atomic E-state index is 11.4. The number of carbonyl (C=O) groups excluding carboxylic acids is 1. The maximum absolute atomic E-state index is 11.4. The van der Waals surface area contributed by atoms with Crippen LogP contribution >= 0.6 is 15.9 Å². The fraction of sp³-hybridized carbons (Fsp3) is 0.133. The van der Waals surface area contributed by atoms with Crippen molar-refractivity contribution in [3.05, 3.63) is 64.1 Å². The molecule has 0 aliphatic carbocycles. The van der Waals surface area contributed by atoms with Gasteiger partial charge in [0.25, 0.3) is 0 Å². The number of esters is 1. The highest BCUT2D eigenvalue weighted by atomic mass is 79.9. The van der Waals surface area contributed by atoms with E-state index < -0.39 is 0 Å². The average Bonchev–Trinajstić information content (AvgIpc) is 2.46. The molecule has 0 radical (unpaired) electrons. The van der Waals surface area contributed by atoms with E-state index in [1.165, 1.54) is 7.11 Å². The highest BCUT2D eigenvalue weighted by molar-refractivity contribution is 9.10. The van der Waals surface area contributed by atoms with Crippen molar-refractivity contribution in [2.24, 2.45) is 0 Å². The third-order valence-electron chi connectivity index (χ3n) is 2.61. The van der Waals surface area contributed by atoms with E-state index in [9.17, 15) is 4.79 Å². The smallest absolute Gasteiger partial charge is 0.337 e. The number of benzene rings is 2. The van der Waals surface area contributed by atoms with E-state index in [0.717, 1.165) is 15.8 Å². The molecular weight excluding hydrogens is 308 g/mol. The summed E-state index contributed by atoms with van der Waals surface area (Å²) in [7, 11) is 1.36. The largest absolute Gasteiger partial charge is 0.489 e. The lowest BCUT2D eigenvalue weighted by molar-refractivity contribution is 0.0600. The summed E-state index contributed by atoms with van der Waals surface area (Å²) < 4.78 is 11.1. The molecule has 0 aromatic heterocycles. The lowest BCUT2D eigenvalue weighted by atomic mass is 10.1. The van der Waals surface area contributed by atoms with Crippen LogP contribution < -0.4 is 4.74 Å². The first-order valence-corrected chi connectivity index (χ1v) is 6.54. The molecule has 2 aromatic rings. The molecule has 0 unspecified atom stereocenters. The normalized spacial score (nSPS) is 10.0. The highest BCUT2D eigenvalue weighted by Gasteiger charge is 2.08. The Morgan fingerprint density at radius 1 is 1.16 bits per heavy atom. The molecule has 0 aliphatic rings. The minimum absolute atomic E-state index is 0.351. The molecule has 0 amide bonds. The third-order valence-corrected chi connectivity index (χ3v) is 3.35. The molecule has 0 aliphatic heterocycles. The van der Waals surface area contributed by atoms with Gasteiger partial charge in [0.2, 0.25) is 0 Å². The second-order valence-electron chi connectivity index (χ2n) is 3.90. The molecule has 0 saturated heterocycles. The van der Waals surface area contributed by atoms with Crippen LogP contribution in [0.5, 0.6) is 5.75 Å². The van der Waals surface area contributed by atoms with Crippen molar-refractivity contribution in [1.29, 1.82) is 0 Å². The first kappa shape index (κ1) is 13.6. The van der Waals surface area contributed by atoms with E-state index in [-0.39, 0.29) is 5.97 Å². The zero-order valence-corrected chi connectivity index (χ0v) is 12.0. The summed E-state index contributed by atoms with van der Waals surface area (Å²) in [6.07, 6.45) is 0. The lowest BCUT2D eigenvalue weighted by Crippen LogP contribution is -2.03. The highest BCUT2D eigenvalue weighted by Crippen LogP contribution is 2.21. The Morgan fingerprint density at radius 2 is 1.89 bits per heavy atom. The third kappa shape index (κ3) is 3.58. The average molecular weight is 321 g/mol. The molecule has 2 rings (SSSR count). The Bertz CT molecular complexity index is 567. The molecule has 0 fully saturated rings. The summed E-state index contributed by atoms with van der Waals surface area (Å²) in [5.74, 6) is 0.461. The predicted molar refractivity (Wildman–Crippen MR) is 76.3 cm³/mol. The number of halogens is 1. The molecule has 0 bridgehead atoms. The van der Waals surface area contributed by atoms with Gasteiger partial charge in [-0.2, -0.15) is 0 Å². The summed E-state index contributed by atoms with van der Waals surface area (Å²) in [6.45, 7) is 0.437. The summed E-state index contributed by atoms with van der Waals surface area (Å²) in [6, 6.07) is 14.9. The van der Waals surface area contributed by atoms with Crippen LogP contribution in [0.1, 0.15) is 15.9 Å². The second-order valence-corrected chi connectivity index (χ2v) is 4.75. The molecule has 98 valence electrons. The Hall–Kier alpha value is -1.81. The van der Waals surface area contributed by atoms with E-state index in [4.69, 9.17) is 4.74 Å². The number of rotatable bonds is 4. The van der Waals surface area contributed by atoms with Crippen molar-refractivity contribution in [1.82, 2.24) is 0 Å². The Morgan fingerprint density at radius 3 is 2.53 bits per heavy atom. The van der Waals surface area contributed by atoms with Crippen LogP contribution in [0.3, 0.4) is 0 Å². The van der Waals surface area contributed by atoms with Gasteiger partial charge in [0.1, 0.15) is 12.4 Å². The SMILES string of the molecule is COC(=O)c1ccc(COc2ccccc2)c(Br)c1. The van der Waals surface area contributed by atoms with Crippen LogP contribution in [0.2, 0.25) is 0 Å². The van der Waals surface area contributed by atoms with Crippen molar-refractivity contribution in [3.63, 3.8) is 0 Å². The van der Waals surface area contributed by atoms with E-state index in [0.29, 0.717) is 12.2 Å². The van der Waals surface area contributed by atoms with Crippen molar-refractivity contribution in [2.45, 2.75) is 6.61 Å². The van der Waals surface area contributed by atoms with Gasteiger partial charge in [-0.05, 0) is 24.3 Å². The van der Waals surface area contributed by atoms with Gasteiger partial charge >= 0.3 is 5.97 Å². The molecule has 0 saturated carbocycles. The van der Waals surface area contributed by atoms with Crippen LogP contribution in [-0.4, -0.2) is 13.1 Å². The van der Waals surface area contributed by atoms with Crippen molar-refractivity contribution >= 4 is 21.9 Å². The lowest BCUT2D eigenvalue weighted by Gasteiger charge is -2.09. The van der Waals surface area contributed by atoms with E-state index in [1.54, 1.807) is 12.1 Å². The standard InChI is InChI=1S/C15H13BrO3/c1-18-15(17)11-7-8-12(14(16)9-11)10-19-13-5-3-2-4-6-13/h2-9H,10H2,1H3. The molecule has 0 spiro atoms. The number of hydrogen-bond donors (Lipinski definition) is 0. The molecule has 0 N–H and O–H groups in total. The van der Waals surface area contributed by atoms with Crippen LogP contribution in [0, 0.1) is 0 Å². The van der Waals surface area contributed by atoms with Gasteiger partial charge in [0.05, 0.1) is 12.7 Å². The van der Waals surface area contributed by atoms with Crippen LogP contribution in [0.15, 0.2) is 53.0 Å². The molecular formula is C15H13BrO3. The number of methoxy groups -OCH3 is 1. The van der Waals surface area contributed by atoms with Crippen LogP contribution in [0.25, 0.3) is 0 Å². The minimum Gasteiger partial charge on any atom is -0.489 e. The monoisotopic (exact) mass is 320 g/mol. The van der Waals surface area contributed by atoms with Gasteiger partial charge in [-0.15, -0.1) is 0 Å². The molecule has 3 nitrogen and oxygen atoms in total. The van der Waals surface area contributed by atoms with Gasteiger partial charge in [0.15, 0.2) is 0 Å². The maximum Gasteiger partial charge on any atom is 0.337 e. The van der Waals surface area contributed by atoms with Crippen molar-refractivity contribution in [3.8, 4) is 5.75 Å². The molecule has 0 atom stereocenters. The van der Waals surface area contributed by atoms with Gasteiger partial charge in [-0.1, -0.05) is 40.2 Å². The van der Waals surface area contributed by atoms with E-state index in [2.05, 4.69) is 20.7 Å². The molecule has 0 heterocycles. The molecule has 4 heteroatoms. The van der Waals surface area contributed by atoms with Crippen molar-refractivity contribution in [2.75, 3.05) is 7.11 Å². The summed E-state index contributed by atoms with van der Waals surface area (Å²) in [5, 5.41) is 0. The minimum atomic E-state index is -0.351. The topological polar surface area (TPSA) is 35.5 Å². The summed E-state index contributed by atoms with van der Waals surface area (Å²) in [5.41, 5.74) is 1.48. The molecule has 19 heavy (non-hydrogen) atoms. The zero-order valence-electron chi connectivity index (χ0n) is 10.4. The van der Waals surface area contributed by atoms with Crippen LogP contribution in [0.4, 0.5) is 0 Å². The molecule has 2 aromatic carbocycles. The summed E-state index contributed by atoms with van der Waals surface area (Å²) >= 11 is 3.43. The first-order valence-electron chi connectivity index (χ1n) is 5.75. The van der Waals surface area contributed by atoms with Gasteiger partial charge in [0, 0.05) is 10.0 Å². The number of para-hydroxylation sites is 1. The van der Waals surface area contributed by atoms with Crippen molar-refractivity contribution < 1.29 is 14.3 Å². The first-order chi connectivity index (χ1) is 9.20. The fourth-order valence-electron chi connectivity index (χ4n) is 1.59. The predicted octanol–water partition coefficient (Wildman–Crippen LogP) is 3.81. The van der Waals surface area contributed by atoms with Gasteiger partial charge in [-0.25, -0.2) is 4.79 Å². The van der Waals surface area contributed by atoms with E-state index in [1.807, 2.05) is 36.4 Å². The zero-order chi connectivity index (χ0) is 13.7. The number of carbonyl (C=O) groups is 1. The van der Waals surface area contributed by atoms with Gasteiger partial charge < -0.3 is 9.47 Å². The quantitative estimate of drug-likeness (QED) is 0.803. The van der Waals surface area contributed by atoms with Gasteiger partial charge in [-0.3, -0.25) is 0 Å². The summed E-state index contributed by atoms with van der Waals surface area (Å²) in [4.78, 5) is 11.4. The Labute approximate surface area is 120 Å². The van der Waals surface area contributed by atoms with E-state index >= 15 is 0 Å².